The first-order valence-electron chi connectivity index (χ1n) is 20.1. The molecule has 0 spiro atoms. The van der Waals surface area contributed by atoms with Gasteiger partial charge in [0.05, 0.1) is 12.2 Å². The predicted molar refractivity (Wildman–Crippen MR) is 197 cm³/mol. The van der Waals surface area contributed by atoms with Gasteiger partial charge in [0.15, 0.2) is 0 Å². The second-order valence-corrected chi connectivity index (χ2v) is 17.8. The van der Waals surface area contributed by atoms with Crippen molar-refractivity contribution in [1.29, 1.82) is 0 Å². The van der Waals surface area contributed by atoms with E-state index < -0.39 is 6.10 Å². The van der Waals surface area contributed by atoms with Gasteiger partial charge < -0.3 is 36.6 Å². The summed E-state index contributed by atoms with van der Waals surface area (Å²) in [6.45, 7) is 20.4. The maximum absolute atomic E-state index is 14.3. The van der Waals surface area contributed by atoms with Crippen LogP contribution < -0.4 is 21.7 Å². The average molecular weight is 691 g/mol. The molecule has 49 heavy (non-hydrogen) atoms. The Bertz CT molecular complexity index is 1080. The predicted octanol–water partition coefficient (Wildman–Crippen LogP) is 5.02. The second-order valence-electron chi connectivity index (χ2n) is 17.8. The molecule has 0 bridgehead atoms. The van der Waals surface area contributed by atoms with Crippen LogP contribution in [0.25, 0.3) is 0 Å². The van der Waals surface area contributed by atoms with E-state index in [-0.39, 0.29) is 69.9 Å². The molecule has 0 heterocycles. The van der Waals surface area contributed by atoms with E-state index >= 15 is 0 Å². The summed E-state index contributed by atoms with van der Waals surface area (Å²) in [6.07, 6.45) is 9.68. The van der Waals surface area contributed by atoms with Gasteiger partial charge in [-0.25, -0.2) is 0 Å². The molecule has 9 nitrogen and oxygen atoms in total. The van der Waals surface area contributed by atoms with Crippen molar-refractivity contribution in [3.05, 3.63) is 0 Å². The summed E-state index contributed by atoms with van der Waals surface area (Å²) >= 11 is 0. The normalized spacial score (nSPS) is 39.2. The first kappa shape index (κ1) is 40.5. The van der Waals surface area contributed by atoms with Crippen molar-refractivity contribution < 1.29 is 24.5 Å². The maximum Gasteiger partial charge on any atom is 0.302 e. The van der Waals surface area contributed by atoms with Gasteiger partial charge in [-0.15, -0.1) is 0 Å². The largest absolute Gasteiger partial charge is 0.462 e. The first-order chi connectivity index (χ1) is 23.2. The Morgan fingerprint density at radius 1 is 0.857 bits per heavy atom. The molecule has 0 aromatic rings. The molecule has 3 unspecified atom stereocenters. The molecule has 12 atom stereocenters. The molecular weight excluding hydrogens is 616 g/mol. The third-order valence-corrected chi connectivity index (χ3v) is 14.5. The van der Waals surface area contributed by atoms with Crippen LogP contribution in [0.15, 0.2) is 0 Å². The van der Waals surface area contributed by atoms with Gasteiger partial charge >= 0.3 is 5.97 Å². The Morgan fingerprint density at radius 2 is 1.51 bits per heavy atom. The Kier molecular flexibility index (Phi) is 14.5. The molecule has 0 aromatic carbocycles. The second kappa shape index (κ2) is 17.5. The highest BCUT2D eigenvalue weighted by Gasteiger charge is 2.72. The number of amides is 1. The minimum atomic E-state index is -0.488. The van der Waals surface area contributed by atoms with Gasteiger partial charge in [-0.2, -0.15) is 0 Å². The van der Waals surface area contributed by atoms with Crippen LogP contribution >= 0.6 is 0 Å². The molecule has 7 N–H and O–H groups in total. The fraction of sp³-hybridized carbons (Fsp3) is 0.950. The van der Waals surface area contributed by atoms with E-state index in [0.29, 0.717) is 31.3 Å². The lowest BCUT2D eigenvalue weighted by Gasteiger charge is -2.69. The summed E-state index contributed by atoms with van der Waals surface area (Å²) in [7, 11) is 0. The van der Waals surface area contributed by atoms with Crippen LogP contribution in [0.3, 0.4) is 0 Å². The molecule has 4 aliphatic carbocycles. The van der Waals surface area contributed by atoms with Crippen LogP contribution in [0.4, 0.5) is 0 Å². The van der Waals surface area contributed by atoms with Crippen LogP contribution in [0.2, 0.25) is 0 Å². The number of ether oxygens (including phenoxy) is 1. The first-order valence-corrected chi connectivity index (χ1v) is 20.1. The fourth-order valence-corrected chi connectivity index (χ4v) is 11.9. The number of hydrogen-bond donors (Lipinski definition) is 6. The summed E-state index contributed by atoms with van der Waals surface area (Å²) in [6, 6.07) is 0. The Morgan fingerprint density at radius 3 is 2.14 bits per heavy atom. The van der Waals surface area contributed by atoms with Crippen LogP contribution in [0.1, 0.15) is 126 Å². The lowest BCUT2D eigenvalue weighted by atomic mass is 9.36. The number of hydrogen-bond acceptors (Lipinski definition) is 8. The van der Waals surface area contributed by atoms with Gasteiger partial charge in [-0.3, -0.25) is 9.59 Å². The van der Waals surface area contributed by atoms with Crippen molar-refractivity contribution in [2.75, 3.05) is 39.3 Å². The molecule has 4 aliphatic rings. The fourth-order valence-electron chi connectivity index (χ4n) is 11.9. The van der Waals surface area contributed by atoms with Gasteiger partial charge in [0.25, 0.3) is 0 Å². The quantitative estimate of drug-likeness (QED) is 0.0869. The van der Waals surface area contributed by atoms with Gasteiger partial charge in [-0.1, -0.05) is 54.4 Å². The van der Waals surface area contributed by atoms with Crippen molar-refractivity contribution in [3.8, 4) is 0 Å². The van der Waals surface area contributed by atoms with Gasteiger partial charge in [0, 0.05) is 25.3 Å². The summed E-state index contributed by atoms with van der Waals surface area (Å²) in [4.78, 5) is 26.9. The molecule has 0 saturated heterocycles. The molecule has 4 saturated carbocycles. The molecule has 0 aromatic heterocycles. The van der Waals surface area contributed by atoms with Crippen LogP contribution in [-0.2, 0) is 14.3 Å². The van der Waals surface area contributed by atoms with Crippen molar-refractivity contribution in [2.45, 2.75) is 144 Å². The van der Waals surface area contributed by atoms with Gasteiger partial charge in [-0.05, 0) is 143 Å². The molecule has 0 aliphatic heterocycles. The Labute approximate surface area is 298 Å². The van der Waals surface area contributed by atoms with Gasteiger partial charge in [0.1, 0.15) is 6.10 Å². The van der Waals surface area contributed by atoms with E-state index in [9.17, 15) is 19.8 Å². The van der Waals surface area contributed by atoms with Crippen molar-refractivity contribution in [1.82, 2.24) is 16.0 Å². The molecule has 4 fully saturated rings. The summed E-state index contributed by atoms with van der Waals surface area (Å²) in [5, 5.41) is 33.3. The number of carbonyl (C=O) groups excluding carboxylic acids is 2. The molecule has 4 rings (SSSR count). The van der Waals surface area contributed by atoms with E-state index in [2.05, 4.69) is 57.5 Å². The number of aliphatic hydroxyl groups excluding tert-OH is 2. The van der Waals surface area contributed by atoms with Gasteiger partial charge in [0.2, 0.25) is 5.91 Å². The average Bonchev–Trinajstić information content (AvgIpc) is 3.30. The smallest absolute Gasteiger partial charge is 0.302 e. The molecular formula is C40H74N4O5. The lowest BCUT2D eigenvalue weighted by Crippen LogP contribution is -2.66. The number of rotatable bonds is 18. The maximum atomic E-state index is 14.3. The highest BCUT2D eigenvalue weighted by atomic mass is 16.5. The third-order valence-electron chi connectivity index (χ3n) is 14.5. The van der Waals surface area contributed by atoms with Crippen molar-refractivity contribution >= 4 is 11.9 Å². The molecule has 0 radical (unpaired) electrons. The SMILES string of the molecule is CC(=O)O[C@H]1C[C@@]2(C)C(C[C@@H](O)C3[C@@]4(C)CC[C@@H](O)[C@@H](C)C4CC[C@@]32C)[C@@H]1[C@H](CCCC(C)C)C(=O)NCCCNCCCNCCCN. The lowest BCUT2D eigenvalue weighted by molar-refractivity contribution is -0.239. The Hall–Kier alpha value is -1.26. The number of aliphatic hydroxyl groups is 2. The van der Waals surface area contributed by atoms with E-state index in [1.165, 1.54) is 6.92 Å². The molecule has 1 amide bonds. The minimum Gasteiger partial charge on any atom is -0.462 e. The zero-order valence-corrected chi connectivity index (χ0v) is 32.2. The minimum absolute atomic E-state index is 0.0584. The summed E-state index contributed by atoms with van der Waals surface area (Å²) in [5.41, 5.74) is 5.15. The zero-order chi connectivity index (χ0) is 36.0. The number of nitrogens with one attached hydrogen (secondary N) is 3. The Balaban J connectivity index is 1.51. The summed E-state index contributed by atoms with van der Waals surface area (Å²) < 4.78 is 6.22. The van der Waals surface area contributed by atoms with E-state index in [0.717, 1.165) is 96.8 Å². The number of fused-ring (bicyclic) bond motifs is 5. The van der Waals surface area contributed by atoms with Crippen molar-refractivity contribution in [3.63, 3.8) is 0 Å². The van der Waals surface area contributed by atoms with Crippen molar-refractivity contribution in [2.24, 2.45) is 63.4 Å². The summed E-state index contributed by atoms with van der Waals surface area (Å²) in [5.74, 6) is 0.726. The highest BCUT2D eigenvalue weighted by Crippen LogP contribution is 2.74. The van der Waals surface area contributed by atoms with Crippen LogP contribution in [0, 0.1) is 57.7 Å². The molecule has 9 heteroatoms. The van der Waals surface area contributed by atoms with Crippen LogP contribution in [0.5, 0.6) is 0 Å². The van der Waals surface area contributed by atoms with E-state index in [4.69, 9.17) is 10.5 Å². The number of esters is 1. The number of carbonyl (C=O) groups is 2. The highest BCUT2D eigenvalue weighted by molar-refractivity contribution is 5.79. The monoisotopic (exact) mass is 691 g/mol. The van der Waals surface area contributed by atoms with Crippen LogP contribution in [-0.4, -0.2) is 79.7 Å². The standard InChI is InChI=1S/C40H74N4O5/c1-26(2)12-8-13-29(37(48)44-23-11-22-43-21-10-20-42-19-9-18-41)35-31-24-33(47)36-38(5)16-15-32(46)27(3)30(38)14-17-39(36,6)40(31,7)25-34(35)49-28(4)45/h26-27,29-36,42-43,46-47H,8-25,41H2,1-7H3,(H,44,48)/t27-,29-,30?,31?,32+,33+,34-,35-,36?,38-,39-,40-/m0/s1. The topological polar surface area (TPSA) is 146 Å². The zero-order valence-electron chi connectivity index (χ0n) is 32.2. The third kappa shape index (κ3) is 8.69. The number of nitrogens with two attached hydrogens (primary N) is 1. The molecule has 284 valence electrons. The van der Waals surface area contributed by atoms with E-state index in [1.807, 2.05) is 0 Å². The van der Waals surface area contributed by atoms with E-state index in [1.54, 1.807) is 0 Å².